The Kier molecular flexibility index (Phi) is 5.01. The first-order chi connectivity index (χ1) is 16.1. The van der Waals surface area contributed by atoms with Crippen molar-refractivity contribution in [2.75, 3.05) is 0 Å². The van der Waals surface area contributed by atoms with Gasteiger partial charge in [-0.25, -0.2) is 4.79 Å². The lowest BCUT2D eigenvalue weighted by molar-refractivity contribution is 0.0697. The summed E-state index contributed by atoms with van der Waals surface area (Å²) in [6.07, 6.45) is 4.91. The monoisotopic (exact) mass is 433 g/mol. The van der Waals surface area contributed by atoms with Crippen molar-refractivity contribution in [3.05, 3.63) is 96.4 Å². The quantitative estimate of drug-likeness (QED) is 0.366. The molecule has 0 aliphatic rings. The molecule has 0 spiro atoms. The third-order valence-corrected chi connectivity index (χ3v) is 5.12. The zero-order chi connectivity index (χ0) is 22.8. The van der Waals surface area contributed by atoms with E-state index in [0.29, 0.717) is 33.9 Å². The summed E-state index contributed by atoms with van der Waals surface area (Å²) in [7, 11) is 0. The summed E-state index contributed by atoms with van der Waals surface area (Å²) in [6.45, 7) is 0. The second-order valence-corrected chi connectivity index (χ2v) is 7.17. The maximum Gasteiger partial charge on any atom is 0.335 e. The fourth-order valence-corrected chi connectivity index (χ4v) is 3.49. The number of carboxylic acids is 1. The standard InChI is InChI=1S/C26H15N3O4/c27-15-19-13-18(5-6-23(19)32-20-7-10-28-11-8-20)21-9-12-29-22-14-24(33-25(21)22)16-1-3-17(4-2-16)26(30)31/h1-14H,(H,30,31). The predicted octanol–water partition coefficient (Wildman–Crippen LogP) is 5.92. The van der Waals surface area contributed by atoms with Gasteiger partial charge in [-0.05, 0) is 48.0 Å². The van der Waals surface area contributed by atoms with Gasteiger partial charge in [-0.2, -0.15) is 5.26 Å². The molecule has 3 heterocycles. The minimum Gasteiger partial charge on any atom is -0.478 e. The Hall–Kier alpha value is -4.96. The van der Waals surface area contributed by atoms with Crippen molar-refractivity contribution in [1.82, 2.24) is 9.97 Å². The van der Waals surface area contributed by atoms with E-state index in [4.69, 9.17) is 14.3 Å². The molecular formula is C26H15N3O4. The Morgan fingerprint density at radius 1 is 0.939 bits per heavy atom. The number of pyridine rings is 2. The Morgan fingerprint density at radius 2 is 1.70 bits per heavy atom. The molecule has 0 fully saturated rings. The Bertz CT molecular complexity index is 1520. The lowest BCUT2D eigenvalue weighted by Crippen LogP contribution is -1.94. The van der Waals surface area contributed by atoms with E-state index in [1.807, 2.05) is 12.1 Å². The fraction of sp³-hybridized carbons (Fsp3) is 0. The average Bonchev–Trinajstić information content (AvgIpc) is 3.29. The molecule has 0 radical (unpaired) electrons. The molecule has 0 amide bonds. The van der Waals surface area contributed by atoms with Gasteiger partial charge in [-0.1, -0.05) is 18.2 Å². The number of hydrogen-bond acceptors (Lipinski definition) is 6. The first kappa shape index (κ1) is 20.0. The largest absolute Gasteiger partial charge is 0.478 e. The summed E-state index contributed by atoms with van der Waals surface area (Å²) in [5, 5.41) is 18.8. The van der Waals surface area contributed by atoms with Gasteiger partial charge in [0.2, 0.25) is 0 Å². The van der Waals surface area contributed by atoms with Crippen LogP contribution in [0.4, 0.5) is 0 Å². The number of aromatic nitrogens is 2. The molecule has 5 rings (SSSR count). The summed E-state index contributed by atoms with van der Waals surface area (Å²) in [5.74, 6) is 0.612. The first-order valence-corrected chi connectivity index (χ1v) is 9.97. The average molecular weight is 433 g/mol. The molecule has 3 aromatic heterocycles. The highest BCUT2D eigenvalue weighted by Gasteiger charge is 2.15. The smallest absolute Gasteiger partial charge is 0.335 e. The minimum atomic E-state index is -0.986. The van der Waals surface area contributed by atoms with Crippen LogP contribution in [-0.4, -0.2) is 21.0 Å². The number of carboxylic acid groups (broad SMARTS) is 1. The molecule has 0 atom stereocenters. The summed E-state index contributed by atoms with van der Waals surface area (Å²) in [4.78, 5) is 19.5. The number of furan rings is 1. The van der Waals surface area contributed by atoms with Gasteiger partial charge in [0.05, 0.1) is 11.1 Å². The van der Waals surface area contributed by atoms with E-state index in [1.165, 1.54) is 12.1 Å². The predicted molar refractivity (Wildman–Crippen MR) is 121 cm³/mol. The summed E-state index contributed by atoms with van der Waals surface area (Å²) in [5.41, 5.74) is 4.10. The molecule has 1 N–H and O–H groups in total. The Balaban J connectivity index is 1.53. The van der Waals surface area contributed by atoms with Crippen molar-refractivity contribution in [2.45, 2.75) is 0 Å². The van der Waals surface area contributed by atoms with E-state index in [0.717, 1.165) is 16.7 Å². The van der Waals surface area contributed by atoms with E-state index in [-0.39, 0.29) is 5.56 Å². The van der Waals surface area contributed by atoms with Crippen molar-refractivity contribution in [3.8, 4) is 40.0 Å². The molecule has 7 heteroatoms. The maximum absolute atomic E-state index is 11.1. The van der Waals surface area contributed by atoms with Crippen LogP contribution in [0, 0.1) is 11.3 Å². The van der Waals surface area contributed by atoms with E-state index >= 15 is 0 Å². The molecule has 158 valence electrons. The first-order valence-electron chi connectivity index (χ1n) is 9.97. The van der Waals surface area contributed by atoms with Crippen LogP contribution in [-0.2, 0) is 0 Å². The minimum absolute atomic E-state index is 0.201. The molecule has 0 aliphatic heterocycles. The van der Waals surface area contributed by atoms with Crippen LogP contribution in [0.25, 0.3) is 33.6 Å². The number of hydrogen-bond donors (Lipinski definition) is 1. The third-order valence-electron chi connectivity index (χ3n) is 5.12. The summed E-state index contributed by atoms with van der Waals surface area (Å²) in [6, 6.07) is 21.0. The molecule has 5 aromatic rings. The third kappa shape index (κ3) is 3.89. The normalized spacial score (nSPS) is 10.6. The fourth-order valence-electron chi connectivity index (χ4n) is 3.49. The van der Waals surface area contributed by atoms with Crippen LogP contribution in [0.2, 0.25) is 0 Å². The SMILES string of the molecule is N#Cc1cc(-c2ccnc3cc(-c4ccc(C(=O)O)cc4)oc23)ccc1Oc1ccncc1. The highest BCUT2D eigenvalue weighted by molar-refractivity contribution is 5.93. The number of aromatic carboxylic acids is 1. The van der Waals surface area contributed by atoms with Crippen molar-refractivity contribution in [1.29, 1.82) is 5.26 Å². The van der Waals surface area contributed by atoms with Crippen LogP contribution < -0.4 is 4.74 Å². The number of fused-ring (bicyclic) bond motifs is 1. The van der Waals surface area contributed by atoms with Gasteiger partial charge in [0.1, 0.15) is 28.8 Å². The lowest BCUT2D eigenvalue weighted by atomic mass is 10.0. The van der Waals surface area contributed by atoms with Crippen molar-refractivity contribution < 1.29 is 19.1 Å². The second-order valence-electron chi connectivity index (χ2n) is 7.17. The van der Waals surface area contributed by atoms with Crippen molar-refractivity contribution in [2.24, 2.45) is 0 Å². The Morgan fingerprint density at radius 3 is 2.42 bits per heavy atom. The van der Waals surface area contributed by atoms with Crippen LogP contribution in [0.3, 0.4) is 0 Å². The lowest BCUT2D eigenvalue weighted by Gasteiger charge is -2.09. The van der Waals surface area contributed by atoms with Crippen molar-refractivity contribution in [3.63, 3.8) is 0 Å². The highest BCUT2D eigenvalue weighted by atomic mass is 16.5. The number of rotatable bonds is 5. The van der Waals surface area contributed by atoms with E-state index < -0.39 is 5.97 Å². The topological polar surface area (TPSA) is 109 Å². The number of carbonyl (C=O) groups is 1. The molecule has 0 aliphatic carbocycles. The zero-order valence-electron chi connectivity index (χ0n) is 17.1. The van der Waals surface area contributed by atoms with Gasteiger partial charge < -0.3 is 14.3 Å². The summed E-state index contributed by atoms with van der Waals surface area (Å²) < 4.78 is 11.9. The number of nitrogens with zero attached hydrogens (tertiary/aromatic N) is 3. The summed E-state index contributed by atoms with van der Waals surface area (Å²) >= 11 is 0. The van der Waals surface area contributed by atoms with Crippen LogP contribution in [0.15, 0.2) is 89.7 Å². The van der Waals surface area contributed by atoms with Gasteiger partial charge in [-0.3, -0.25) is 9.97 Å². The molecule has 0 saturated heterocycles. The molecule has 0 unspecified atom stereocenters. The van der Waals surface area contributed by atoms with Gasteiger partial charge in [-0.15, -0.1) is 0 Å². The Labute approximate surface area is 188 Å². The van der Waals surface area contributed by atoms with Crippen LogP contribution >= 0.6 is 0 Å². The van der Waals surface area contributed by atoms with Gasteiger partial charge in [0, 0.05) is 35.8 Å². The van der Waals surface area contributed by atoms with E-state index in [1.54, 1.807) is 61.1 Å². The molecular weight excluding hydrogens is 418 g/mol. The number of benzene rings is 2. The van der Waals surface area contributed by atoms with E-state index in [2.05, 4.69) is 16.0 Å². The van der Waals surface area contributed by atoms with Gasteiger partial charge in [0.25, 0.3) is 0 Å². The number of ether oxygens (including phenoxy) is 1. The molecule has 7 nitrogen and oxygen atoms in total. The highest BCUT2D eigenvalue weighted by Crippen LogP contribution is 2.36. The zero-order valence-corrected chi connectivity index (χ0v) is 17.1. The van der Waals surface area contributed by atoms with E-state index in [9.17, 15) is 10.1 Å². The maximum atomic E-state index is 11.1. The molecule has 0 saturated carbocycles. The molecule has 2 aromatic carbocycles. The van der Waals surface area contributed by atoms with Gasteiger partial charge >= 0.3 is 5.97 Å². The molecule has 33 heavy (non-hydrogen) atoms. The van der Waals surface area contributed by atoms with Crippen LogP contribution in [0.5, 0.6) is 11.5 Å². The second kappa shape index (κ2) is 8.29. The van der Waals surface area contributed by atoms with Crippen molar-refractivity contribution >= 4 is 17.1 Å². The molecule has 0 bridgehead atoms. The number of nitriles is 1. The van der Waals surface area contributed by atoms with Crippen LogP contribution in [0.1, 0.15) is 15.9 Å². The van der Waals surface area contributed by atoms with Gasteiger partial charge in [0.15, 0.2) is 5.58 Å².